The topological polar surface area (TPSA) is 42.0 Å². The number of nitrogens with zero attached hydrogens (tertiary/aromatic N) is 4. The Balaban J connectivity index is 1.84. The molecule has 0 aliphatic rings. The molecular weight excluding hydrogens is 339 g/mol. The molecule has 2 aromatic carbocycles. The lowest BCUT2D eigenvalue weighted by molar-refractivity contribution is 0.628. The molecule has 0 saturated carbocycles. The average molecular weight is 358 g/mol. The number of benzene rings is 2. The van der Waals surface area contributed by atoms with Gasteiger partial charge in [0.1, 0.15) is 17.2 Å². The van der Waals surface area contributed by atoms with Gasteiger partial charge in [-0.3, -0.25) is 4.40 Å². The van der Waals surface area contributed by atoms with E-state index in [9.17, 15) is 4.39 Å². The lowest BCUT2D eigenvalue weighted by Crippen LogP contribution is -1.85. The molecule has 4 rings (SSSR count). The number of azo groups is 1. The number of aryl methyl sites for hydroxylation is 2. The zero-order valence-electron chi connectivity index (χ0n) is 15.2. The first kappa shape index (κ1) is 17.1. The van der Waals surface area contributed by atoms with Gasteiger partial charge < -0.3 is 0 Å². The molecule has 0 N–H and O–H groups in total. The van der Waals surface area contributed by atoms with Crippen molar-refractivity contribution in [3.8, 4) is 11.3 Å². The number of hydrogen-bond donors (Lipinski definition) is 0. The zero-order chi connectivity index (χ0) is 18.8. The number of imidazole rings is 1. The molecule has 0 saturated heterocycles. The van der Waals surface area contributed by atoms with E-state index in [1.165, 1.54) is 17.7 Å². The van der Waals surface area contributed by atoms with Crippen LogP contribution in [-0.4, -0.2) is 9.38 Å². The van der Waals surface area contributed by atoms with Crippen LogP contribution >= 0.6 is 0 Å². The van der Waals surface area contributed by atoms with Crippen LogP contribution in [0.1, 0.15) is 18.1 Å². The van der Waals surface area contributed by atoms with Crippen molar-refractivity contribution in [3.05, 3.63) is 83.8 Å². The Hall–Kier alpha value is -3.34. The van der Waals surface area contributed by atoms with Crippen LogP contribution < -0.4 is 0 Å². The minimum atomic E-state index is -0.280. The van der Waals surface area contributed by atoms with Gasteiger partial charge in [0.05, 0.1) is 5.69 Å². The largest absolute Gasteiger partial charge is 0.282 e. The summed E-state index contributed by atoms with van der Waals surface area (Å²) in [6, 6.07) is 18.2. The molecule has 0 atom stereocenters. The van der Waals surface area contributed by atoms with Crippen LogP contribution in [0.3, 0.4) is 0 Å². The summed E-state index contributed by atoms with van der Waals surface area (Å²) in [6.07, 6.45) is 2.90. The lowest BCUT2D eigenvalue weighted by atomic mass is 10.1. The van der Waals surface area contributed by atoms with Crippen molar-refractivity contribution >= 4 is 17.2 Å². The van der Waals surface area contributed by atoms with Gasteiger partial charge in [0.15, 0.2) is 5.82 Å². The first-order valence-corrected chi connectivity index (χ1v) is 8.90. The highest BCUT2D eigenvalue weighted by Gasteiger charge is 2.15. The molecule has 0 bridgehead atoms. The van der Waals surface area contributed by atoms with Crippen molar-refractivity contribution in [1.82, 2.24) is 9.38 Å². The number of aromatic nitrogens is 2. The quantitative estimate of drug-likeness (QED) is 0.388. The molecule has 134 valence electrons. The highest BCUT2D eigenvalue weighted by atomic mass is 19.1. The monoisotopic (exact) mass is 358 g/mol. The Bertz CT molecular complexity index is 1110. The van der Waals surface area contributed by atoms with E-state index in [1.54, 1.807) is 12.1 Å². The first-order chi connectivity index (χ1) is 13.2. The maximum Gasteiger partial charge on any atom is 0.187 e. The SMILES string of the molecule is CCc1ccc(N=Nc2c(-c3ccc(F)cc3)nc3c(C)cccn23)cc1. The Labute approximate surface area is 157 Å². The molecule has 4 aromatic rings. The van der Waals surface area contributed by atoms with Crippen LogP contribution in [0.5, 0.6) is 0 Å². The van der Waals surface area contributed by atoms with E-state index in [0.717, 1.165) is 28.9 Å². The molecular formula is C22H19FN4. The molecule has 4 nitrogen and oxygen atoms in total. The summed E-state index contributed by atoms with van der Waals surface area (Å²) in [5.74, 6) is 0.345. The molecule has 0 radical (unpaired) electrons. The van der Waals surface area contributed by atoms with Crippen molar-refractivity contribution in [3.63, 3.8) is 0 Å². The summed E-state index contributed by atoms with van der Waals surface area (Å²) in [4.78, 5) is 4.74. The van der Waals surface area contributed by atoms with Gasteiger partial charge in [-0.1, -0.05) is 25.1 Å². The maximum atomic E-state index is 13.3. The third-order valence-electron chi connectivity index (χ3n) is 4.54. The summed E-state index contributed by atoms with van der Waals surface area (Å²) in [6.45, 7) is 4.12. The zero-order valence-corrected chi connectivity index (χ0v) is 15.2. The lowest BCUT2D eigenvalue weighted by Gasteiger charge is -2.01. The van der Waals surface area contributed by atoms with Gasteiger partial charge in [0, 0.05) is 11.8 Å². The number of fused-ring (bicyclic) bond motifs is 1. The molecule has 0 unspecified atom stereocenters. The molecule has 27 heavy (non-hydrogen) atoms. The molecule has 0 aliphatic heterocycles. The van der Waals surface area contributed by atoms with E-state index in [1.807, 2.05) is 53.9 Å². The minimum Gasteiger partial charge on any atom is -0.282 e. The third-order valence-corrected chi connectivity index (χ3v) is 4.54. The van der Waals surface area contributed by atoms with Crippen LogP contribution in [0.2, 0.25) is 0 Å². The van der Waals surface area contributed by atoms with Gasteiger partial charge in [0.2, 0.25) is 0 Å². The second-order valence-electron chi connectivity index (χ2n) is 6.40. The van der Waals surface area contributed by atoms with Crippen LogP contribution in [0.15, 0.2) is 77.1 Å². The minimum absolute atomic E-state index is 0.280. The van der Waals surface area contributed by atoms with Gasteiger partial charge in [-0.2, -0.15) is 0 Å². The fourth-order valence-corrected chi connectivity index (χ4v) is 2.99. The van der Waals surface area contributed by atoms with E-state index in [0.29, 0.717) is 11.5 Å². The van der Waals surface area contributed by atoms with Crippen LogP contribution in [-0.2, 0) is 6.42 Å². The van der Waals surface area contributed by atoms with Crippen molar-refractivity contribution in [2.45, 2.75) is 20.3 Å². The van der Waals surface area contributed by atoms with E-state index in [2.05, 4.69) is 17.2 Å². The number of pyridine rings is 1. The fraction of sp³-hybridized carbons (Fsp3) is 0.136. The number of halogens is 1. The average Bonchev–Trinajstić information content (AvgIpc) is 3.07. The van der Waals surface area contributed by atoms with Gasteiger partial charge in [0.25, 0.3) is 0 Å². The Morgan fingerprint density at radius 1 is 0.963 bits per heavy atom. The smallest absolute Gasteiger partial charge is 0.187 e. The normalized spacial score (nSPS) is 11.5. The first-order valence-electron chi connectivity index (χ1n) is 8.90. The van der Waals surface area contributed by atoms with Gasteiger partial charge >= 0.3 is 0 Å². The Morgan fingerprint density at radius 2 is 1.70 bits per heavy atom. The standard InChI is InChI=1S/C22H19FN4/c1-3-16-6-12-19(13-7-16)25-26-22-20(17-8-10-18(23)11-9-17)24-21-15(2)5-4-14-27(21)22/h4-14H,3H2,1-2H3. The van der Waals surface area contributed by atoms with E-state index in [4.69, 9.17) is 4.98 Å². The predicted octanol–water partition coefficient (Wildman–Crippen LogP) is 6.43. The molecule has 0 amide bonds. The summed E-state index contributed by atoms with van der Waals surface area (Å²) >= 11 is 0. The molecule has 0 aliphatic carbocycles. The van der Waals surface area contributed by atoms with Crippen molar-refractivity contribution in [2.75, 3.05) is 0 Å². The summed E-state index contributed by atoms with van der Waals surface area (Å²) in [7, 11) is 0. The molecule has 0 spiro atoms. The highest BCUT2D eigenvalue weighted by Crippen LogP contribution is 2.33. The molecule has 2 heterocycles. The van der Waals surface area contributed by atoms with E-state index < -0.39 is 0 Å². The van der Waals surface area contributed by atoms with Gasteiger partial charge in [-0.15, -0.1) is 10.2 Å². The summed E-state index contributed by atoms with van der Waals surface area (Å²) < 4.78 is 15.2. The van der Waals surface area contributed by atoms with E-state index >= 15 is 0 Å². The molecule has 2 aromatic heterocycles. The maximum absolute atomic E-state index is 13.3. The number of rotatable bonds is 4. The Kier molecular flexibility index (Phi) is 4.50. The third kappa shape index (κ3) is 3.36. The molecule has 5 heteroatoms. The van der Waals surface area contributed by atoms with Crippen LogP contribution in [0.4, 0.5) is 15.9 Å². The van der Waals surface area contributed by atoms with Crippen molar-refractivity contribution in [2.24, 2.45) is 10.2 Å². The summed E-state index contributed by atoms with van der Waals surface area (Å²) in [5.41, 5.74) is 5.36. The second kappa shape index (κ2) is 7.11. The van der Waals surface area contributed by atoms with E-state index in [-0.39, 0.29) is 5.82 Å². The highest BCUT2D eigenvalue weighted by molar-refractivity contribution is 5.75. The van der Waals surface area contributed by atoms with Crippen molar-refractivity contribution < 1.29 is 4.39 Å². The van der Waals surface area contributed by atoms with Gasteiger partial charge in [-0.05, 0) is 66.9 Å². The van der Waals surface area contributed by atoms with Crippen LogP contribution in [0.25, 0.3) is 16.9 Å². The summed E-state index contributed by atoms with van der Waals surface area (Å²) in [5, 5.41) is 8.89. The Morgan fingerprint density at radius 3 is 2.41 bits per heavy atom. The number of hydrogen-bond acceptors (Lipinski definition) is 3. The van der Waals surface area contributed by atoms with Crippen LogP contribution in [0, 0.1) is 12.7 Å². The molecule has 0 fully saturated rings. The fourth-order valence-electron chi connectivity index (χ4n) is 2.99. The van der Waals surface area contributed by atoms with Gasteiger partial charge in [-0.25, -0.2) is 9.37 Å². The second-order valence-corrected chi connectivity index (χ2v) is 6.40. The van der Waals surface area contributed by atoms with Crippen molar-refractivity contribution in [1.29, 1.82) is 0 Å². The predicted molar refractivity (Wildman–Crippen MR) is 105 cm³/mol.